The molecule has 2 aromatic rings. The normalized spacial score (nSPS) is 9.61. The Kier molecular flexibility index (Phi) is 11.5. The molecule has 0 atom stereocenters. The molecule has 0 aliphatic rings. The van der Waals surface area contributed by atoms with E-state index in [1.807, 2.05) is 63.3 Å². The van der Waals surface area contributed by atoms with Gasteiger partial charge in [-0.15, -0.1) is 5.73 Å². The molecule has 7 nitrogen and oxygen atoms in total. The minimum atomic E-state index is -0.151. The molecule has 0 saturated heterocycles. The average molecular weight is 425 g/mol. The number of nitrogens with two attached hydrogens (primary N) is 1. The van der Waals surface area contributed by atoms with Gasteiger partial charge in [-0.2, -0.15) is 0 Å². The molecule has 31 heavy (non-hydrogen) atoms. The summed E-state index contributed by atoms with van der Waals surface area (Å²) in [5.41, 5.74) is 12.0. The van der Waals surface area contributed by atoms with Crippen molar-refractivity contribution in [2.45, 2.75) is 27.2 Å². The van der Waals surface area contributed by atoms with Crippen molar-refractivity contribution >= 4 is 23.1 Å². The summed E-state index contributed by atoms with van der Waals surface area (Å²) in [5.74, 6) is 0.586. The lowest BCUT2D eigenvalue weighted by Gasteiger charge is -2.15. The zero-order valence-corrected chi connectivity index (χ0v) is 19.4. The van der Waals surface area contributed by atoms with Crippen molar-refractivity contribution in [1.29, 1.82) is 0 Å². The van der Waals surface area contributed by atoms with E-state index >= 15 is 0 Å². The van der Waals surface area contributed by atoms with Gasteiger partial charge >= 0.3 is 0 Å². The maximum atomic E-state index is 12.4. The first-order valence-corrected chi connectivity index (χ1v) is 10.5. The van der Waals surface area contributed by atoms with E-state index in [9.17, 15) is 4.79 Å². The zero-order chi connectivity index (χ0) is 23.2. The number of rotatable bonds is 9. The second-order valence-corrected chi connectivity index (χ2v) is 7.13. The van der Waals surface area contributed by atoms with Gasteiger partial charge < -0.3 is 26.6 Å². The molecule has 1 heterocycles. The van der Waals surface area contributed by atoms with E-state index in [0.29, 0.717) is 12.1 Å². The number of aryl methyl sites for hydroxylation is 1. The lowest BCUT2D eigenvalue weighted by molar-refractivity contribution is 0.0955. The first-order valence-electron chi connectivity index (χ1n) is 10.5. The van der Waals surface area contributed by atoms with Crippen molar-refractivity contribution in [2.24, 2.45) is 5.73 Å². The van der Waals surface area contributed by atoms with Crippen LogP contribution in [0.15, 0.2) is 54.5 Å². The van der Waals surface area contributed by atoms with Crippen LogP contribution in [0, 0.1) is 6.92 Å². The molecule has 0 aliphatic carbocycles. The summed E-state index contributed by atoms with van der Waals surface area (Å²) in [4.78, 5) is 18.8. The molecule has 1 aromatic heterocycles. The summed E-state index contributed by atoms with van der Waals surface area (Å²) < 4.78 is 0. The third-order valence-corrected chi connectivity index (χ3v) is 4.23. The summed E-state index contributed by atoms with van der Waals surface area (Å²) in [6.07, 6.45) is 2.89. The van der Waals surface area contributed by atoms with Gasteiger partial charge in [0.25, 0.3) is 5.91 Å². The molecular formula is C24H36N6O. The topological polar surface area (TPSA) is 95.3 Å². The van der Waals surface area contributed by atoms with Crippen LogP contribution in [0.1, 0.15) is 36.2 Å². The van der Waals surface area contributed by atoms with Crippen molar-refractivity contribution in [3.63, 3.8) is 0 Å². The van der Waals surface area contributed by atoms with Crippen molar-refractivity contribution in [2.75, 3.05) is 44.4 Å². The van der Waals surface area contributed by atoms with E-state index < -0.39 is 0 Å². The Morgan fingerprint density at radius 1 is 1.26 bits per heavy atom. The van der Waals surface area contributed by atoms with Crippen LogP contribution in [-0.2, 0) is 0 Å². The Bertz CT molecular complexity index is 887. The number of likely N-dealkylation sites (N-methyl/N-ethyl adjacent to an activating group) is 1. The summed E-state index contributed by atoms with van der Waals surface area (Å²) in [6.45, 7) is 11.8. The van der Waals surface area contributed by atoms with Crippen LogP contribution in [-0.4, -0.2) is 49.5 Å². The molecule has 7 heteroatoms. The zero-order valence-electron chi connectivity index (χ0n) is 19.4. The number of carbonyl (C=O) groups is 1. The number of hydrogen-bond donors (Lipinski definition) is 4. The predicted octanol–water partition coefficient (Wildman–Crippen LogP) is 3.88. The van der Waals surface area contributed by atoms with Gasteiger partial charge in [-0.1, -0.05) is 26.5 Å². The molecule has 168 valence electrons. The van der Waals surface area contributed by atoms with Crippen LogP contribution < -0.4 is 21.7 Å². The van der Waals surface area contributed by atoms with E-state index in [1.54, 1.807) is 6.07 Å². The molecule has 0 saturated carbocycles. The van der Waals surface area contributed by atoms with E-state index in [0.717, 1.165) is 48.0 Å². The SMILES string of the molecule is C=C=C(CNC(=O)c1cccc(Nc2cc(C)c(NCCC)cn2)c1)N(C)C.CCN. The predicted molar refractivity (Wildman–Crippen MR) is 131 cm³/mol. The number of amides is 1. The summed E-state index contributed by atoms with van der Waals surface area (Å²) in [6, 6.07) is 9.33. The van der Waals surface area contributed by atoms with Gasteiger partial charge in [-0.05, 0) is 49.7 Å². The van der Waals surface area contributed by atoms with Crippen LogP contribution in [0.2, 0.25) is 0 Å². The Morgan fingerprint density at radius 2 is 1.97 bits per heavy atom. The number of anilines is 3. The van der Waals surface area contributed by atoms with Gasteiger partial charge in [0.1, 0.15) is 5.82 Å². The molecular weight excluding hydrogens is 388 g/mol. The fourth-order valence-electron chi connectivity index (χ4n) is 2.60. The molecule has 0 bridgehead atoms. The van der Waals surface area contributed by atoms with Crippen molar-refractivity contribution in [3.8, 4) is 0 Å². The number of hydrogen-bond acceptors (Lipinski definition) is 6. The highest BCUT2D eigenvalue weighted by Crippen LogP contribution is 2.21. The second kappa shape index (κ2) is 13.9. The summed E-state index contributed by atoms with van der Waals surface area (Å²) in [5, 5.41) is 9.50. The third kappa shape index (κ3) is 8.95. The highest BCUT2D eigenvalue weighted by Gasteiger charge is 2.08. The largest absolute Gasteiger partial charge is 0.384 e. The number of benzene rings is 1. The highest BCUT2D eigenvalue weighted by molar-refractivity contribution is 5.95. The Morgan fingerprint density at radius 3 is 2.55 bits per heavy atom. The minimum absolute atomic E-state index is 0.151. The lowest BCUT2D eigenvalue weighted by atomic mass is 10.2. The molecule has 0 spiro atoms. The first kappa shape index (κ1) is 25.8. The monoisotopic (exact) mass is 424 g/mol. The fourth-order valence-corrected chi connectivity index (χ4v) is 2.60. The minimum Gasteiger partial charge on any atom is -0.384 e. The fraction of sp³-hybridized carbons (Fsp3) is 0.375. The van der Waals surface area contributed by atoms with Crippen molar-refractivity contribution in [3.05, 3.63) is 65.7 Å². The molecule has 0 fully saturated rings. The second-order valence-electron chi connectivity index (χ2n) is 7.13. The Hall–Kier alpha value is -3.28. The van der Waals surface area contributed by atoms with Crippen LogP contribution in [0.3, 0.4) is 0 Å². The van der Waals surface area contributed by atoms with Gasteiger partial charge in [0.2, 0.25) is 0 Å². The molecule has 1 amide bonds. The maximum Gasteiger partial charge on any atom is 0.251 e. The van der Waals surface area contributed by atoms with E-state index in [2.05, 4.69) is 40.2 Å². The van der Waals surface area contributed by atoms with Crippen LogP contribution in [0.4, 0.5) is 17.2 Å². The molecule has 2 rings (SSSR count). The van der Waals surface area contributed by atoms with E-state index in [1.165, 1.54) is 0 Å². The van der Waals surface area contributed by atoms with Gasteiger partial charge in [0, 0.05) is 31.9 Å². The number of carbonyl (C=O) groups excluding carboxylic acids is 1. The summed E-state index contributed by atoms with van der Waals surface area (Å²) >= 11 is 0. The molecule has 1 aromatic carbocycles. The van der Waals surface area contributed by atoms with E-state index in [-0.39, 0.29) is 5.91 Å². The van der Waals surface area contributed by atoms with Crippen LogP contribution in [0.25, 0.3) is 0 Å². The third-order valence-electron chi connectivity index (χ3n) is 4.23. The molecule has 0 aliphatic heterocycles. The molecule has 0 unspecified atom stereocenters. The number of nitrogens with one attached hydrogen (secondary N) is 3. The van der Waals surface area contributed by atoms with E-state index in [4.69, 9.17) is 5.73 Å². The van der Waals surface area contributed by atoms with Crippen LogP contribution >= 0.6 is 0 Å². The molecule has 5 N–H and O–H groups in total. The van der Waals surface area contributed by atoms with Crippen molar-refractivity contribution in [1.82, 2.24) is 15.2 Å². The van der Waals surface area contributed by atoms with Crippen LogP contribution in [0.5, 0.6) is 0 Å². The average Bonchev–Trinajstić information content (AvgIpc) is 2.74. The summed E-state index contributed by atoms with van der Waals surface area (Å²) in [7, 11) is 3.78. The Balaban J connectivity index is 0.00000151. The standard InChI is InChI=1S/C22H29N5O.C2H7N/c1-6-11-23-20-15-24-21(12-16(20)3)26-18-10-8-9-17(13-18)22(28)25-14-19(7-2)27(4)5;1-2-3/h8-10,12-13,15,23H,2,6,11,14H2,1,3-5H3,(H,24,26)(H,25,28);2-3H2,1H3. The first-order chi connectivity index (χ1) is 14.9. The Labute approximate surface area is 186 Å². The van der Waals surface area contributed by atoms with Gasteiger partial charge in [-0.25, -0.2) is 4.98 Å². The maximum absolute atomic E-state index is 12.4. The van der Waals surface area contributed by atoms with Gasteiger partial charge in [-0.3, -0.25) is 4.79 Å². The highest BCUT2D eigenvalue weighted by atomic mass is 16.1. The lowest BCUT2D eigenvalue weighted by Crippen LogP contribution is -2.29. The van der Waals surface area contributed by atoms with Crippen molar-refractivity contribution < 1.29 is 4.79 Å². The smallest absolute Gasteiger partial charge is 0.251 e. The van der Waals surface area contributed by atoms with Gasteiger partial charge in [0.05, 0.1) is 24.1 Å². The number of nitrogens with zero attached hydrogens (tertiary/aromatic N) is 2. The van der Waals surface area contributed by atoms with Gasteiger partial charge in [0.15, 0.2) is 0 Å². The number of pyridine rings is 1. The number of aromatic nitrogens is 1. The quantitative estimate of drug-likeness (QED) is 0.456. The molecule has 0 radical (unpaired) electrons.